The Bertz CT molecular complexity index is 722. The summed E-state index contributed by atoms with van der Waals surface area (Å²) in [5, 5.41) is -0.119. The van der Waals surface area contributed by atoms with Crippen LogP contribution in [0.25, 0.3) is 0 Å². The van der Waals surface area contributed by atoms with Crippen molar-refractivity contribution in [2.45, 2.75) is 18.0 Å². The number of rotatable bonds is 4. The molecule has 0 aliphatic carbocycles. The minimum Gasteiger partial charge on any atom is -0.241 e. The fraction of sp³-hybridized carbons (Fsp3) is 0.154. The molecular formula is C13H12ClFN2O2S. The molecule has 0 fully saturated rings. The Morgan fingerprint density at radius 2 is 2.05 bits per heavy atom. The number of pyridine rings is 1. The van der Waals surface area contributed by atoms with E-state index in [0.29, 0.717) is 10.6 Å². The molecule has 0 radical (unpaired) electrons. The average Bonchev–Trinajstić information content (AvgIpc) is 2.38. The predicted octanol–water partition coefficient (Wildman–Crippen LogP) is 2.91. The summed E-state index contributed by atoms with van der Waals surface area (Å²) < 4.78 is 40.0. The molecule has 7 heteroatoms. The lowest BCUT2D eigenvalue weighted by Gasteiger charge is -2.14. The first-order valence-electron chi connectivity index (χ1n) is 5.78. The minimum atomic E-state index is -4.03. The van der Waals surface area contributed by atoms with Gasteiger partial charge in [-0.1, -0.05) is 23.7 Å². The lowest BCUT2D eigenvalue weighted by Crippen LogP contribution is -2.28. The van der Waals surface area contributed by atoms with Crippen LogP contribution in [0.2, 0.25) is 5.02 Å². The van der Waals surface area contributed by atoms with Gasteiger partial charge in [0.05, 0.1) is 0 Å². The van der Waals surface area contributed by atoms with Crippen molar-refractivity contribution in [3.05, 3.63) is 59.0 Å². The SMILES string of the molecule is CC(NS(=O)(=O)c1ncccc1F)c1cccc(Cl)c1. The topological polar surface area (TPSA) is 59.1 Å². The lowest BCUT2D eigenvalue weighted by molar-refractivity contribution is 0.536. The molecule has 0 amide bonds. The summed E-state index contributed by atoms with van der Waals surface area (Å²) in [6, 6.07) is 8.59. The van der Waals surface area contributed by atoms with Crippen molar-refractivity contribution in [1.82, 2.24) is 9.71 Å². The largest absolute Gasteiger partial charge is 0.261 e. The molecule has 1 aromatic heterocycles. The fourth-order valence-corrected chi connectivity index (χ4v) is 3.14. The zero-order valence-electron chi connectivity index (χ0n) is 10.5. The highest BCUT2D eigenvalue weighted by Gasteiger charge is 2.23. The Morgan fingerprint density at radius 3 is 2.70 bits per heavy atom. The molecule has 0 saturated carbocycles. The molecule has 2 aromatic rings. The summed E-state index contributed by atoms with van der Waals surface area (Å²) in [5.74, 6) is -0.890. The predicted molar refractivity (Wildman–Crippen MR) is 74.4 cm³/mol. The van der Waals surface area contributed by atoms with Gasteiger partial charge in [-0.05, 0) is 36.8 Å². The second kappa shape index (κ2) is 5.87. The highest BCUT2D eigenvalue weighted by atomic mass is 35.5. The quantitative estimate of drug-likeness (QED) is 0.944. The van der Waals surface area contributed by atoms with E-state index in [2.05, 4.69) is 9.71 Å². The summed E-state index contributed by atoms with van der Waals surface area (Å²) in [5.41, 5.74) is 0.678. The smallest absolute Gasteiger partial charge is 0.241 e. The van der Waals surface area contributed by atoms with Crippen molar-refractivity contribution in [2.75, 3.05) is 0 Å². The summed E-state index contributed by atoms with van der Waals surface area (Å²) in [6.07, 6.45) is 1.22. The monoisotopic (exact) mass is 314 g/mol. The van der Waals surface area contributed by atoms with Gasteiger partial charge >= 0.3 is 0 Å². The summed E-state index contributed by atoms with van der Waals surface area (Å²) >= 11 is 5.85. The van der Waals surface area contributed by atoms with Crippen LogP contribution >= 0.6 is 11.6 Å². The number of aromatic nitrogens is 1. The zero-order valence-corrected chi connectivity index (χ0v) is 12.1. The standard InChI is InChI=1S/C13H12ClFN2O2S/c1-9(10-4-2-5-11(14)8-10)17-20(18,19)13-12(15)6-3-7-16-13/h2-9,17H,1H3. The van der Waals surface area contributed by atoms with E-state index in [0.717, 1.165) is 6.07 Å². The normalized spacial score (nSPS) is 13.2. The highest BCUT2D eigenvalue weighted by molar-refractivity contribution is 7.89. The van der Waals surface area contributed by atoms with E-state index in [-0.39, 0.29) is 0 Å². The van der Waals surface area contributed by atoms with Crippen LogP contribution in [-0.4, -0.2) is 13.4 Å². The molecule has 1 heterocycles. The van der Waals surface area contributed by atoms with Crippen molar-refractivity contribution in [3.8, 4) is 0 Å². The first-order valence-corrected chi connectivity index (χ1v) is 7.64. The molecule has 1 aromatic carbocycles. The Labute approximate surface area is 121 Å². The summed E-state index contributed by atoms with van der Waals surface area (Å²) in [7, 11) is -4.03. The number of nitrogens with one attached hydrogen (secondary N) is 1. The van der Waals surface area contributed by atoms with Crippen LogP contribution in [0, 0.1) is 5.82 Å². The first kappa shape index (κ1) is 14.9. The van der Waals surface area contributed by atoms with Crippen LogP contribution in [-0.2, 0) is 10.0 Å². The van der Waals surface area contributed by atoms with Gasteiger partial charge in [0.1, 0.15) is 0 Å². The minimum absolute atomic E-state index is 0.498. The maximum atomic E-state index is 13.5. The number of sulfonamides is 1. The van der Waals surface area contributed by atoms with Gasteiger partial charge in [0, 0.05) is 17.3 Å². The van der Waals surface area contributed by atoms with Crippen LogP contribution in [0.15, 0.2) is 47.6 Å². The van der Waals surface area contributed by atoms with Gasteiger partial charge in [-0.3, -0.25) is 0 Å². The second-order valence-corrected chi connectivity index (χ2v) is 6.25. The maximum absolute atomic E-state index is 13.5. The second-order valence-electron chi connectivity index (χ2n) is 4.19. The molecule has 0 bridgehead atoms. The molecule has 106 valence electrons. The summed E-state index contributed by atoms with van der Waals surface area (Å²) in [4.78, 5) is 3.56. The molecule has 1 unspecified atom stereocenters. The van der Waals surface area contributed by atoms with Gasteiger partial charge in [-0.2, -0.15) is 0 Å². The van der Waals surface area contributed by atoms with Gasteiger partial charge in [-0.15, -0.1) is 0 Å². The molecule has 1 N–H and O–H groups in total. The number of hydrogen-bond acceptors (Lipinski definition) is 3. The van der Waals surface area contributed by atoms with E-state index in [1.165, 1.54) is 12.3 Å². The Kier molecular flexibility index (Phi) is 4.37. The zero-order chi connectivity index (χ0) is 14.8. The van der Waals surface area contributed by atoms with E-state index in [4.69, 9.17) is 11.6 Å². The Balaban J connectivity index is 2.27. The molecule has 0 aliphatic rings. The number of nitrogens with zero attached hydrogens (tertiary/aromatic N) is 1. The first-order chi connectivity index (χ1) is 9.40. The highest BCUT2D eigenvalue weighted by Crippen LogP contribution is 2.20. The fourth-order valence-electron chi connectivity index (χ4n) is 1.70. The van der Waals surface area contributed by atoms with E-state index in [1.54, 1.807) is 31.2 Å². The van der Waals surface area contributed by atoms with Crippen molar-refractivity contribution < 1.29 is 12.8 Å². The van der Waals surface area contributed by atoms with Crippen LogP contribution in [0.3, 0.4) is 0 Å². The van der Waals surface area contributed by atoms with Crippen LogP contribution in [0.1, 0.15) is 18.5 Å². The number of benzene rings is 1. The van der Waals surface area contributed by atoms with Crippen LogP contribution < -0.4 is 4.72 Å². The van der Waals surface area contributed by atoms with E-state index >= 15 is 0 Å². The third kappa shape index (κ3) is 3.33. The average molecular weight is 315 g/mol. The number of hydrogen-bond donors (Lipinski definition) is 1. The summed E-state index contributed by atoms with van der Waals surface area (Å²) in [6.45, 7) is 1.64. The van der Waals surface area contributed by atoms with Crippen molar-refractivity contribution in [2.24, 2.45) is 0 Å². The van der Waals surface area contributed by atoms with E-state index < -0.39 is 26.9 Å². The van der Waals surface area contributed by atoms with Gasteiger partial charge in [0.15, 0.2) is 5.82 Å². The molecule has 0 spiro atoms. The van der Waals surface area contributed by atoms with Gasteiger partial charge in [0.2, 0.25) is 5.03 Å². The Morgan fingerprint density at radius 1 is 1.30 bits per heavy atom. The molecule has 1 atom stereocenters. The third-order valence-corrected chi connectivity index (χ3v) is 4.37. The van der Waals surface area contributed by atoms with Gasteiger partial charge in [-0.25, -0.2) is 22.5 Å². The Hall–Kier alpha value is -1.50. The van der Waals surface area contributed by atoms with Crippen molar-refractivity contribution >= 4 is 21.6 Å². The van der Waals surface area contributed by atoms with Crippen molar-refractivity contribution in [3.63, 3.8) is 0 Å². The molecule has 20 heavy (non-hydrogen) atoms. The maximum Gasteiger partial charge on any atom is 0.261 e. The molecule has 2 rings (SSSR count). The third-order valence-electron chi connectivity index (χ3n) is 2.66. The van der Waals surface area contributed by atoms with Crippen molar-refractivity contribution in [1.29, 1.82) is 0 Å². The van der Waals surface area contributed by atoms with Crippen LogP contribution in [0.4, 0.5) is 4.39 Å². The molecule has 0 saturated heterocycles. The number of halogens is 2. The van der Waals surface area contributed by atoms with E-state index in [9.17, 15) is 12.8 Å². The van der Waals surface area contributed by atoms with E-state index in [1.807, 2.05) is 0 Å². The lowest BCUT2D eigenvalue weighted by atomic mass is 10.1. The molecule has 0 aliphatic heterocycles. The molecule has 4 nitrogen and oxygen atoms in total. The van der Waals surface area contributed by atoms with Crippen LogP contribution in [0.5, 0.6) is 0 Å². The molecular weight excluding hydrogens is 303 g/mol. The van der Waals surface area contributed by atoms with Gasteiger partial charge in [0.25, 0.3) is 10.0 Å². The van der Waals surface area contributed by atoms with Gasteiger partial charge < -0.3 is 0 Å².